The quantitative estimate of drug-likeness (QED) is 0.0496. The number of nitrogens with one attached hydrogen (secondary N) is 2. The number of hydrogen-bond acceptors (Lipinski definition) is 10. The smallest absolute Gasteiger partial charge is 0.475 e. The highest BCUT2D eigenvalue weighted by Gasteiger charge is 2.39. The van der Waals surface area contributed by atoms with E-state index >= 15 is 0 Å². The number of benzene rings is 1. The summed E-state index contributed by atoms with van der Waals surface area (Å²) in [4.78, 5) is 57.5. The van der Waals surface area contributed by atoms with Crippen LogP contribution in [0.4, 0.5) is 80.3 Å². The standard InChI is InChI=1S/C32H29F8N7O2.3C2HF3O2/c33-23-19(24(34)28(38)46-27(23)37)11-8-16-7-10-18(15-17(16)9-12-20-25(35)29(39)47-30(40)26(20)36)44-32(49)22(6-2-4-14-42)45-31(48)21(43)5-1-3-13-41;3*3-2(4,5)1(6)7/h7,10,15,21-22H,1-6,13-14,41-43H2,(H,44,49)(H,45,48);3*(H,6,7)/t21-,22-;;;/m0.../s1. The van der Waals surface area contributed by atoms with Crippen LogP contribution in [0.5, 0.6) is 0 Å². The molecule has 3 aromatic rings. The first-order chi connectivity index (χ1) is 32.1. The fourth-order valence-electron chi connectivity index (χ4n) is 4.20. The van der Waals surface area contributed by atoms with Crippen molar-refractivity contribution in [1.29, 1.82) is 0 Å². The molecule has 0 fully saturated rings. The van der Waals surface area contributed by atoms with Crippen LogP contribution in [0.1, 0.15) is 60.8 Å². The van der Waals surface area contributed by atoms with Crippen molar-refractivity contribution in [3.05, 3.63) is 87.5 Å². The Bertz CT molecular complexity index is 2360. The second-order valence-electron chi connectivity index (χ2n) is 12.8. The fourth-order valence-corrected chi connectivity index (χ4v) is 4.20. The molecule has 15 nitrogen and oxygen atoms in total. The highest BCUT2D eigenvalue weighted by Crippen LogP contribution is 2.21. The zero-order valence-corrected chi connectivity index (χ0v) is 34.5. The summed E-state index contributed by atoms with van der Waals surface area (Å²) in [6.07, 6.45) is -12.6. The van der Waals surface area contributed by atoms with Crippen molar-refractivity contribution in [3.8, 4) is 23.7 Å². The molecule has 2 amide bonds. The maximum absolute atomic E-state index is 14.2. The number of carboxylic acids is 3. The largest absolute Gasteiger partial charge is 0.490 e. The van der Waals surface area contributed by atoms with Crippen molar-refractivity contribution in [1.82, 2.24) is 15.3 Å². The van der Waals surface area contributed by atoms with Gasteiger partial charge in [0, 0.05) is 16.8 Å². The van der Waals surface area contributed by atoms with E-state index in [1.165, 1.54) is 6.07 Å². The van der Waals surface area contributed by atoms with Gasteiger partial charge in [-0.1, -0.05) is 30.1 Å². The molecule has 3 rings (SSSR count). The van der Waals surface area contributed by atoms with E-state index in [1.807, 2.05) is 11.8 Å². The van der Waals surface area contributed by atoms with Crippen molar-refractivity contribution >= 4 is 35.4 Å². The Morgan fingerprint density at radius 1 is 0.543 bits per heavy atom. The van der Waals surface area contributed by atoms with E-state index in [9.17, 15) is 84.2 Å². The summed E-state index contributed by atoms with van der Waals surface area (Å²) in [5, 5.41) is 26.5. The van der Waals surface area contributed by atoms with Gasteiger partial charge in [0.2, 0.25) is 11.8 Å². The number of unbranched alkanes of at least 4 members (excludes halogenated alkanes) is 2. The lowest BCUT2D eigenvalue weighted by molar-refractivity contribution is -0.193. The number of aromatic nitrogens is 2. The Hall–Kier alpha value is -7.32. The molecule has 0 saturated carbocycles. The lowest BCUT2D eigenvalue weighted by Crippen LogP contribution is -2.50. The van der Waals surface area contributed by atoms with Gasteiger partial charge < -0.3 is 43.2 Å². The van der Waals surface area contributed by atoms with Gasteiger partial charge in [0.15, 0.2) is 23.3 Å². The van der Waals surface area contributed by atoms with Crippen LogP contribution >= 0.6 is 0 Å². The molecule has 0 aliphatic heterocycles. The Morgan fingerprint density at radius 2 is 0.886 bits per heavy atom. The maximum atomic E-state index is 14.2. The SMILES string of the molecule is NCCCC[C@H](NC(=O)[C@@H](N)CCCCN)C(=O)Nc1ccc(C#Cc2c(F)c(F)nc(F)c2F)c(C#Cc2c(F)c(F)nc(F)c2F)c1.O=C(O)C(F)(F)F.O=C(O)C(F)(F)F.O=C(O)C(F)(F)F. The first-order valence-electron chi connectivity index (χ1n) is 18.4. The second-order valence-corrected chi connectivity index (χ2v) is 12.8. The molecule has 2 aromatic heterocycles. The zero-order valence-electron chi connectivity index (χ0n) is 34.5. The van der Waals surface area contributed by atoms with E-state index in [0.717, 1.165) is 12.1 Å². The molecule has 2 heterocycles. The average Bonchev–Trinajstić information content (AvgIpc) is 3.24. The van der Waals surface area contributed by atoms with Gasteiger partial charge in [0.25, 0.3) is 23.8 Å². The first-order valence-corrected chi connectivity index (χ1v) is 18.4. The van der Waals surface area contributed by atoms with Gasteiger partial charge >= 0.3 is 36.4 Å². The van der Waals surface area contributed by atoms with E-state index in [4.69, 9.17) is 46.9 Å². The number of amides is 2. The summed E-state index contributed by atoms with van der Waals surface area (Å²) in [5.74, 6) is -17.1. The third kappa shape index (κ3) is 21.8. The second kappa shape index (κ2) is 28.2. The number of carbonyl (C=O) groups is 5. The van der Waals surface area contributed by atoms with Crippen LogP contribution in [0.25, 0.3) is 0 Å². The van der Waals surface area contributed by atoms with Crippen LogP contribution in [0, 0.1) is 70.7 Å². The number of anilines is 1. The molecule has 70 heavy (non-hydrogen) atoms. The van der Waals surface area contributed by atoms with Crippen LogP contribution in [0.15, 0.2) is 18.2 Å². The molecule has 0 bridgehead atoms. The van der Waals surface area contributed by atoms with Crippen LogP contribution < -0.4 is 27.8 Å². The van der Waals surface area contributed by atoms with Gasteiger partial charge in [-0.05, 0) is 63.4 Å². The molecule has 0 saturated heterocycles. The summed E-state index contributed by atoms with van der Waals surface area (Å²) in [6.45, 7) is 0.717. The molecule has 32 heteroatoms. The number of nitrogens with zero attached hydrogens (tertiary/aromatic N) is 2. The van der Waals surface area contributed by atoms with E-state index in [2.05, 4.69) is 32.4 Å². The minimum Gasteiger partial charge on any atom is -0.475 e. The number of rotatable bonds is 12. The highest BCUT2D eigenvalue weighted by atomic mass is 19.4. The van der Waals surface area contributed by atoms with Crippen molar-refractivity contribution in [3.63, 3.8) is 0 Å². The van der Waals surface area contributed by atoms with Gasteiger partial charge in [0.1, 0.15) is 17.2 Å². The number of hydrogen-bond donors (Lipinski definition) is 8. The van der Waals surface area contributed by atoms with Crippen molar-refractivity contribution in [2.45, 2.75) is 69.1 Å². The maximum Gasteiger partial charge on any atom is 0.490 e. The van der Waals surface area contributed by atoms with Crippen molar-refractivity contribution in [2.24, 2.45) is 17.2 Å². The van der Waals surface area contributed by atoms with Crippen LogP contribution in [-0.4, -0.2) is 98.7 Å². The lowest BCUT2D eigenvalue weighted by atomic mass is 10.0. The zero-order chi connectivity index (χ0) is 54.5. The molecule has 0 aliphatic rings. The third-order valence-electron chi connectivity index (χ3n) is 7.54. The molecule has 11 N–H and O–H groups in total. The first kappa shape index (κ1) is 62.7. The lowest BCUT2D eigenvalue weighted by Gasteiger charge is -2.21. The van der Waals surface area contributed by atoms with Gasteiger partial charge in [0.05, 0.1) is 6.04 Å². The van der Waals surface area contributed by atoms with Crippen LogP contribution in [0.3, 0.4) is 0 Å². The van der Waals surface area contributed by atoms with Gasteiger partial charge in [-0.2, -0.15) is 67.0 Å². The van der Waals surface area contributed by atoms with Crippen molar-refractivity contribution < 1.29 is 114 Å². The molecule has 0 spiro atoms. The molecule has 0 radical (unpaired) electrons. The monoisotopic (exact) mass is 1040 g/mol. The summed E-state index contributed by atoms with van der Waals surface area (Å²) < 4.78 is 207. The third-order valence-corrected chi connectivity index (χ3v) is 7.54. The van der Waals surface area contributed by atoms with Crippen molar-refractivity contribution in [2.75, 3.05) is 18.4 Å². The van der Waals surface area contributed by atoms with E-state index in [1.54, 1.807) is 0 Å². The molecule has 1 aromatic carbocycles. The van der Waals surface area contributed by atoms with E-state index in [-0.39, 0.29) is 23.2 Å². The van der Waals surface area contributed by atoms with E-state index in [0.29, 0.717) is 45.2 Å². The summed E-state index contributed by atoms with van der Waals surface area (Å²) in [7, 11) is 0. The Balaban J connectivity index is 0.00000187. The molecule has 386 valence electrons. The number of halogens is 17. The topological polar surface area (TPSA) is 274 Å². The minimum absolute atomic E-state index is 0.0587. The predicted molar refractivity (Wildman–Crippen MR) is 202 cm³/mol. The summed E-state index contributed by atoms with van der Waals surface area (Å²) in [6, 6.07) is 1.33. The molecule has 0 unspecified atom stereocenters. The van der Waals surface area contributed by atoms with Gasteiger partial charge in [-0.3, -0.25) is 9.59 Å². The number of nitrogens with two attached hydrogens (primary N) is 3. The molecular weight excluding hydrogens is 1010 g/mol. The Morgan fingerprint density at radius 3 is 1.23 bits per heavy atom. The van der Waals surface area contributed by atoms with Crippen LogP contribution in [-0.2, 0) is 24.0 Å². The normalized spacial score (nSPS) is 11.7. The van der Waals surface area contributed by atoms with Gasteiger partial charge in [-0.25, -0.2) is 31.9 Å². The minimum atomic E-state index is -5.08. The summed E-state index contributed by atoms with van der Waals surface area (Å²) in [5.41, 5.74) is 13.5. The van der Waals surface area contributed by atoms with Gasteiger partial charge in [-0.15, -0.1) is 0 Å². The number of alkyl halides is 9. The Labute approximate surface area is 380 Å². The summed E-state index contributed by atoms with van der Waals surface area (Å²) >= 11 is 0. The molecule has 2 atom stereocenters. The number of aliphatic carboxylic acids is 3. The predicted octanol–water partition coefficient (Wildman–Crippen LogP) is 5.30. The van der Waals surface area contributed by atoms with Crippen LogP contribution in [0.2, 0.25) is 0 Å². The number of carbonyl (C=O) groups excluding carboxylic acids is 2. The van der Waals surface area contributed by atoms with E-state index < -0.39 is 119 Å². The molecular formula is C38H32F17N7O8. The number of carboxylic acid groups (broad SMARTS) is 3. The highest BCUT2D eigenvalue weighted by molar-refractivity contribution is 5.98. The molecule has 0 aliphatic carbocycles. The average molecular weight is 1040 g/mol. The number of pyridine rings is 2. The fraction of sp³-hybridized carbons (Fsp3) is 0.342. The Kier molecular flexibility index (Phi) is 25.3.